The number of alkyl halides is 3. The standard InChI is InChI=1S/C10H13F3N6/c11-10(12,13)3-1-2-4-19-5-16-6-7(14)17-9(15)18-8(6)19/h5H,1-4H2,(H4,14,15,17,18). The summed E-state index contributed by atoms with van der Waals surface area (Å²) in [5.74, 6) is 0.179. The maximum atomic E-state index is 12.0. The zero-order chi connectivity index (χ0) is 14.0. The van der Waals surface area contributed by atoms with E-state index in [2.05, 4.69) is 15.0 Å². The zero-order valence-electron chi connectivity index (χ0n) is 9.98. The van der Waals surface area contributed by atoms with Crippen molar-refractivity contribution in [2.45, 2.75) is 32.0 Å². The van der Waals surface area contributed by atoms with E-state index in [4.69, 9.17) is 11.5 Å². The van der Waals surface area contributed by atoms with Crippen LogP contribution in [0.4, 0.5) is 24.9 Å². The zero-order valence-corrected chi connectivity index (χ0v) is 9.98. The van der Waals surface area contributed by atoms with Crippen LogP contribution in [0.5, 0.6) is 0 Å². The third-order valence-corrected chi connectivity index (χ3v) is 2.62. The Morgan fingerprint density at radius 2 is 1.89 bits per heavy atom. The molecule has 0 atom stereocenters. The third kappa shape index (κ3) is 3.24. The second-order valence-electron chi connectivity index (χ2n) is 4.15. The number of unbranched alkanes of at least 4 members (excludes halogenated alkanes) is 1. The number of anilines is 2. The molecule has 104 valence electrons. The Morgan fingerprint density at radius 1 is 1.16 bits per heavy atom. The highest BCUT2D eigenvalue weighted by Crippen LogP contribution is 2.23. The normalized spacial score (nSPS) is 12.2. The summed E-state index contributed by atoms with van der Waals surface area (Å²) in [5.41, 5.74) is 11.9. The number of nitrogens with two attached hydrogens (primary N) is 2. The van der Waals surface area contributed by atoms with Crippen LogP contribution in [-0.2, 0) is 6.54 Å². The number of imidazole rings is 1. The number of nitrogen functional groups attached to an aromatic ring is 2. The van der Waals surface area contributed by atoms with Gasteiger partial charge in [0.1, 0.15) is 5.52 Å². The number of hydrogen-bond donors (Lipinski definition) is 2. The molecule has 0 saturated carbocycles. The Hall–Kier alpha value is -2.06. The van der Waals surface area contributed by atoms with Crippen LogP contribution in [0.25, 0.3) is 11.2 Å². The Morgan fingerprint density at radius 3 is 2.58 bits per heavy atom. The first-order valence-electron chi connectivity index (χ1n) is 5.67. The maximum Gasteiger partial charge on any atom is 0.389 e. The summed E-state index contributed by atoms with van der Waals surface area (Å²) in [7, 11) is 0. The molecule has 19 heavy (non-hydrogen) atoms. The third-order valence-electron chi connectivity index (χ3n) is 2.62. The number of fused-ring (bicyclic) bond motifs is 1. The number of rotatable bonds is 4. The average molecular weight is 274 g/mol. The first-order valence-corrected chi connectivity index (χ1v) is 5.67. The molecule has 4 N–H and O–H groups in total. The molecular weight excluding hydrogens is 261 g/mol. The molecule has 0 bridgehead atoms. The first-order chi connectivity index (χ1) is 8.87. The highest BCUT2D eigenvalue weighted by atomic mass is 19.4. The van der Waals surface area contributed by atoms with Crippen molar-refractivity contribution in [3.8, 4) is 0 Å². The number of aromatic nitrogens is 4. The summed E-state index contributed by atoms with van der Waals surface area (Å²) in [6.45, 7) is 0.377. The van der Waals surface area contributed by atoms with Gasteiger partial charge in [-0.05, 0) is 12.8 Å². The summed E-state index contributed by atoms with van der Waals surface area (Å²) in [5, 5.41) is 0. The molecule has 0 aliphatic heterocycles. The van der Waals surface area contributed by atoms with Gasteiger partial charge < -0.3 is 16.0 Å². The topological polar surface area (TPSA) is 95.6 Å². The molecule has 0 aliphatic carbocycles. The molecule has 2 rings (SSSR count). The van der Waals surface area contributed by atoms with Gasteiger partial charge in [-0.15, -0.1) is 0 Å². The summed E-state index contributed by atoms with van der Waals surface area (Å²) in [4.78, 5) is 11.8. The first kappa shape index (κ1) is 13.4. The maximum absolute atomic E-state index is 12.0. The van der Waals surface area contributed by atoms with Gasteiger partial charge >= 0.3 is 6.18 Å². The molecule has 0 unspecified atom stereocenters. The molecule has 9 heteroatoms. The molecule has 2 heterocycles. The lowest BCUT2D eigenvalue weighted by Gasteiger charge is -2.07. The van der Waals surface area contributed by atoms with Gasteiger partial charge in [0, 0.05) is 13.0 Å². The highest BCUT2D eigenvalue weighted by molar-refractivity contribution is 5.82. The molecule has 0 fully saturated rings. The van der Waals surface area contributed by atoms with E-state index in [1.54, 1.807) is 4.57 Å². The minimum absolute atomic E-state index is 0.0158. The smallest absolute Gasteiger partial charge is 0.382 e. The number of aryl methyl sites for hydroxylation is 1. The summed E-state index contributed by atoms with van der Waals surface area (Å²) < 4.78 is 37.6. The fraction of sp³-hybridized carbons (Fsp3) is 0.500. The van der Waals surface area contributed by atoms with Crippen LogP contribution in [0.15, 0.2) is 6.33 Å². The molecule has 6 nitrogen and oxygen atoms in total. The number of hydrogen-bond acceptors (Lipinski definition) is 5. The molecule has 0 radical (unpaired) electrons. The Bertz CT molecular complexity index is 576. The Labute approximate surface area is 106 Å². The van der Waals surface area contributed by atoms with Crippen LogP contribution < -0.4 is 11.5 Å². The van der Waals surface area contributed by atoms with E-state index in [9.17, 15) is 13.2 Å². The minimum Gasteiger partial charge on any atom is -0.382 e. The summed E-state index contributed by atoms with van der Waals surface area (Å²) in [6.07, 6.45) is -3.01. The molecule has 0 amide bonds. The number of nitrogens with zero attached hydrogens (tertiary/aromatic N) is 4. The van der Waals surface area contributed by atoms with Crippen molar-refractivity contribution in [3.05, 3.63) is 6.33 Å². The highest BCUT2D eigenvalue weighted by Gasteiger charge is 2.25. The molecule has 0 spiro atoms. The predicted octanol–water partition coefficient (Wildman–Crippen LogP) is 1.72. The molecule has 0 saturated heterocycles. The second kappa shape index (κ2) is 4.90. The van der Waals surface area contributed by atoms with Gasteiger partial charge in [0.15, 0.2) is 11.5 Å². The van der Waals surface area contributed by atoms with Crippen LogP contribution >= 0.6 is 0 Å². The van der Waals surface area contributed by atoms with Crippen LogP contribution in [-0.4, -0.2) is 25.7 Å². The summed E-state index contributed by atoms with van der Waals surface area (Å²) in [6, 6.07) is 0. The van der Waals surface area contributed by atoms with Gasteiger partial charge in [-0.2, -0.15) is 23.1 Å². The molecular formula is C10H13F3N6. The van der Waals surface area contributed by atoms with Crippen molar-refractivity contribution in [2.75, 3.05) is 11.5 Å². The van der Waals surface area contributed by atoms with Crippen molar-refractivity contribution in [3.63, 3.8) is 0 Å². The Kier molecular flexibility index (Phi) is 3.45. The van der Waals surface area contributed by atoms with Crippen molar-refractivity contribution < 1.29 is 13.2 Å². The van der Waals surface area contributed by atoms with Crippen LogP contribution in [0.3, 0.4) is 0 Å². The lowest BCUT2D eigenvalue weighted by molar-refractivity contribution is -0.135. The second-order valence-corrected chi connectivity index (χ2v) is 4.15. The van der Waals surface area contributed by atoms with Gasteiger partial charge in [0.2, 0.25) is 5.95 Å². The van der Waals surface area contributed by atoms with Crippen LogP contribution in [0.2, 0.25) is 0 Å². The fourth-order valence-corrected chi connectivity index (χ4v) is 1.75. The largest absolute Gasteiger partial charge is 0.389 e. The lowest BCUT2D eigenvalue weighted by Crippen LogP contribution is -2.08. The fourth-order valence-electron chi connectivity index (χ4n) is 1.75. The van der Waals surface area contributed by atoms with E-state index in [0.29, 0.717) is 24.1 Å². The average Bonchev–Trinajstić information content (AvgIpc) is 2.66. The SMILES string of the molecule is Nc1nc(N)c2ncn(CCCCC(F)(F)F)c2n1. The minimum atomic E-state index is -4.12. The van der Waals surface area contributed by atoms with Gasteiger partial charge in [0.05, 0.1) is 6.33 Å². The van der Waals surface area contributed by atoms with Crippen molar-refractivity contribution in [2.24, 2.45) is 0 Å². The van der Waals surface area contributed by atoms with E-state index in [-0.39, 0.29) is 18.2 Å². The van der Waals surface area contributed by atoms with E-state index in [1.165, 1.54) is 6.33 Å². The molecule has 0 aliphatic rings. The molecule has 0 aromatic carbocycles. The lowest BCUT2D eigenvalue weighted by atomic mass is 10.2. The monoisotopic (exact) mass is 274 g/mol. The van der Waals surface area contributed by atoms with Gasteiger partial charge in [0.25, 0.3) is 0 Å². The van der Waals surface area contributed by atoms with E-state index in [0.717, 1.165) is 0 Å². The van der Waals surface area contributed by atoms with Crippen LogP contribution in [0.1, 0.15) is 19.3 Å². The van der Waals surface area contributed by atoms with Crippen molar-refractivity contribution in [1.29, 1.82) is 0 Å². The van der Waals surface area contributed by atoms with E-state index < -0.39 is 12.6 Å². The van der Waals surface area contributed by atoms with E-state index >= 15 is 0 Å². The van der Waals surface area contributed by atoms with Gasteiger partial charge in [-0.1, -0.05) is 0 Å². The van der Waals surface area contributed by atoms with Crippen LogP contribution in [0, 0.1) is 0 Å². The van der Waals surface area contributed by atoms with E-state index in [1.807, 2.05) is 0 Å². The van der Waals surface area contributed by atoms with Crippen molar-refractivity contribution >= 4 is 22.9 Å². The Balaban J connectivity index is 2.05. The van der Waals surface area contributed by atoms with Gasteiger partial charge in [-0.3, -0.25) is 0 Å². The number of halogens is 3. The predicted molar refractivity (Wildman–Crippen MR) is 64.1 cm³/mol. The van der Waals surface area contributed by atoms with Gasteiger partial charge in [-0.25, -0.2) is 4.98 Å². The summed E-state index contributed by atoms with van der Waals surface area (Å²) >= 11 is 0. The quantitative estimate of drug-likeness (QED) is 0.828. The molecule has 2 aromatic heterocycles. The van der Waals surface area contributed by atoms with Crippen molar-refractivity contribution in [1.82, 2.24) is 19.5 Å². The molecule has 2 aromatic rings.